The first-order valence-corrected chi connectivity index (χ1v) is 13.8. The lowest BCUT2D eigenvalue weighted by Gasteiger charge is -2.30. The van der Waals surface area contributed by atoms with Crippen molar-refractivity contribution >= 4 is 35.0 Å². The molecule has 0 bridgehead atoms. The molecule has 0 radical (unpaired) electrons. The number of nitrogens with two attached hydrogens (primary N) is 2. The molecule has 0 saturated carbocycles. The van der Waals surface area contributed by atoms with Gasteiger partial charge in [0.05, 0.1) is 35.4 Å². The van der Waals surface area contributed by atoms with Crippen molar-refractivity contribution in [1.82, 2.24) is 15.3 Å². The minimum absolute atomic E-state index is 0.0450. The normalized spacial score (nSPS) is 13.4. The van der Waals surface area contributed by atoms with Crippen molar-refractivity contribution in [3.63, 3.8) is 0 Å². The number of para-hydroxylation sites is 2. The molecule has 6 N–H and O–H groups in total. The lowest BCUT2D eigenvalue weighted by atomic mass is 9.87. The Morgan fingerprint density at radius 1 is 1.07 bits per heavy atom. The first-order valence-electron chi connectivity index (χ1n) is 13.8. The van der Waals surface area contributed by atoms with Crippen LogP contribution in [0.3, 0.4) is 0 Å². The molecule has 0 unspecified atom stereocenters. The van der Waals surface area contributed by atoms with Crippen LogP contribution < -0.4 is 16.8 Å². The molecule has 3 atom stereocenters. The summed E-state index contributed by atoms with van der Waals surface area (Å²) in [6.45, 7) is 1.89. The van der Waals surface area contributed by atoms with Crippen LogP contribution in [0, 0.1) is 11.7 Å². The monoisotopic (exact) mass is 613 g/mol. The lowest BCUT2D eigenvalue weighted by molar-refractivity contribution is -0.152. The van der Waals surface area contributed by atoms with Gasteiger partial charge in [0.1, 0.15) is 17.6 Å². The zero-order valence-electron chi connectivity index (χ0n) is 24.4. The number of fused-ring (bicyclic) bond motifs is 1. The Balaban J connectivity index is 1.95. The molecule has 2 aromatic carbocycles. The van der Waals surface area contributed by atoms with E-state index in [-0.39, 0.29) is 31.4 Å². The van der Waals surface area contributed by atoms with Gasteiger partial charge in [-0.2, -0.15) is 0 Å². The summed E-state index contributed by atoms with van der Waals surface area (Å²) in [7, 11) is 0. The fourth-order valence-electron chi connectivity index (χ4n) is 4.34. The van der Waals surface area contributed by atoms with Crippen molar-refractivity contribution in [3.8, 4) is 0 Å². The van der Waals surface area contributed by atoms with E-state index in [9.17, 15) is 28.7 Å². The molecule has 0 aliphatic rings. The van der Waals surface area contributed by atoms with E-state index in [1.165, 1.54) is 24.4 Å². The van der Waals surface area contributed by atoms with Gasteiger partial charge in [-0.25, -0.2) is 14.2 Å². The Morgan fingerprint density at radius 3 is 2.45 bits per heavy atom. The fraction of sp³-hybridized carbons (Fsp3) is 0.400. The smallest absolute Gasteiger partial charge is 0.429 e. The van der Waals surface area contributed by atoms with Crippen molar-refractivity contribution in [2.24, 2.45) is 17.4 Å². The second kappa shape index (κ2) is 15.7. The van der Waals surface area contributed by atoms with Gasteiger partial charge in [-0.1, -0.05) is 24.3 Å². The summed E-state index contributed by atoms with van der Waals surface area (Å²) in [5, 5.41) is 13.0. The maximum Gasteiger partial charge on any atom is 0.511 e. The highest BCUT2D eigenvalue weighted by Crippen LogP contribution is 2.24. The SMILES string of the molecule is CC(C)(O)CC[C@H](C[C@H](OC(=O)OCOC(=O)CN)[C@H](Cc1cccc(F)c1)NC(=O)c1cnc2ccccc2n1)C(N)=O. The molecule has 3 rings (SSSR count). The molecule has 13 nitrogen and oxygen atoms in total. The number of nitrogens with zero attached hydrogens (tertiary/aromatic N) is 2. The summed E-state index contributed by atoms with van der Waals surface area (Å²) in [6, 6.07) is 11.4. The summed E-state index contributed by atoms with van der Waals surface area (Å²) in [5.74, 6) is -3.70. The molecule has 14 heteroatoms. The number of amides is 2. The van der Waals surface area contributed by atoms with Crippen LogP contribution in [-0.4, -0.2) is 70.1 Å². The van der Waals surface area contributed by atoms with Crippen molar-refractivity contribution in [2.45, 2.75) is 57.3 Å². The molecule has 3 aromatic rings. The molecule has 44 heavy (non-hydrogen) atoms. The van der Waals surface area contributed by atoms with E-state index in [1.807, 2.05) is 0 Å². The van der Waals surface area contributed by atoms with Crippen LogP contribution in [0.1, 0.15) is 49.2 Å². The summed E-state index contributed by atoms with van der Waals surface area (Å²) >= 11 is 0. The van der Waals surface area contributed by atoms with E-state index in [0.717, 1.165) is 0 Å². The van der Waals surface area contributed by atoms with Crippen molar-refractivity contribution in [3.05, 3.63) is 71.8 Å². The number of carbonyl (C=O) groups is 4. The predicted octanol–water partition coefficient (Wildman–Crippen LogP) is 2.13. The van der Waals surface area contributed by atoms with Gasteiger partial charge in [-0.3, -0.25) is 19.4 Å². The Hall–Kier alpha value is -4.69. The molecule has 0 saturated heterocycles. The van der Waals surface area contributed by atoms with Crippen LogP contribution in [0.2, 0.25) is 0 Å². The first-order chi connectivity index (χ1) is 20.8. The maximum absolute atomic E-state index is 14.1. The third-order valence-electron chi connectivity index (χ3n) is 6.63. The summed E-state index contributed by atoms with van der Waals surface area (Å²) in [5.41, 5.74) is 11.1. The zero-order valence-corrected chi connectivity index (χ0v) is 24.4. The zero-order chi connectivity index (χ0) is 32.3. The lowest BCUT2D eigenvalue weighted by Crippen LogP contribution is -2.48. The Morgan fingerprint density at radius 2 is 1.80 bits per heavy atom. The maximum atomic E-state index is 14.1. The Kier molecular flexibility index (Phi) is 12.1. The van der Waals surface area contributed by atoms with E-state index >= 15 is 0 Å². The topological polar surface area (TPSA) is 206 Å². The van der Waals surface area contributed by atoms with Crippen LogP contribution >= 0.6 is 0 Å². The number of hydrogen-bond donors (Lipinski definition) is 4. The van der Waals surface area contributed by atoms with Gasteiger partial charge in [0, 0.05) is 5.92 Å². The number of halogens is 1. The summed E-state index contributed by atoms with van der Waals surface area (Å²) < 4.78 is 29.2. The minimum Gasteiger partial charge on any atom is -0.429 e. The number of carbonyl (C=O) groups excluding carboxylic acids is 4. The molecule has 0 aliphatic heterocycles. The van der Waals surface area contributed by atoms with Gasteiger partial charge in [0.2, 0.25) is 12.7 Å². The fourth-order valence-corrected chi connectivity index (χ4v) is 4.34. The van der Waals surface area contributed by atoms with Gasteiger partial charge >= 0.3 is 12.1 Å². The van der Waals surface area contributed by atoms with E-state index in [2.05, 4.69) is 20.0 Å². The molecule has 236 valence electrons. The van der Waals surface area contributed by atoms with Crippen LogP contribution in [0.4, 0.5) is 9.18 Å². The number of hydrogen-bond acceptors (Lipinski definition) is 11. The van der Waals surface area contributed by atoms with E-state index in [1.54, 1.807) is 44.2 Å². The number of aliphatic hydroxyl groups is 1. The molecule has 1 aromatic heterocycles. The molecule has 2 amide bonds. The molecular formula is C30H36FN5O8. The highest BCUT2D eigenvalue weighted by molar-refractivity contribution is 5.94. The van der Waals surface area contributed by atoms with Crippen LogP contribution in [0.25, 0.3) is 11.0 Å². The average Bonchev–Trinajstić information content (AvgIpc) is 2.97. The number of ether oxygens (including phenoxy) is 3. The van der Waals surface area contributed by atoms with Crippen LogP contribution in [0.15, 0.2) is 54.7 Å². The highest BCUT2D eigenvalue weighted by atomic mass is 19.1. The number of primary amides is 1. The highest BCUT2D eigenvalue weighted by Gasteiger charge is 2.34. The van der Waals surface area contributed by atoms with Crippen molar-refractivity contribution in [2.75, 3.05) is 13.3 Å². The largest absolute Gasteiger partial charge is 0.511 e. The number of benzene rings is 2. The second-order valence-electron chi connectivity index (χ2n) is 10.7. The second-order valence-corrected chi connectivity index (χ2v) is 10.7. The predicted molar refractivity (Wildman–Crippen MR) is 155 cm³/mol. The van der Waals surface area contributed by atoms with E-state index in [0.29, 0.717) is 16.6 Å². The van der Waals surface area contributed by atoms with Crippen LogP contribution in [-0.2, 0) is 30.2 Å². The first kappa shape index (κ1) is 33.8. The van der Waals surface area contributed by atoms with Crippen molar-refractivity contribution in [1.29, 1.82) is 0 Å². The molecule has 0 aliphatic carbocycles. The standard InChI is InChI=1S/C30H36FN5O8/c1-30(2,41)11-10-19(27(33)38)14-25(44-29(40)43-17-42-26(37)15-32)23(13-18-6-5-7-20(31)12-18)36-28(39)24-16-34-21-8-3-4-9-22(21)35-24/h3-9,12,16,19,23,25,41H,10-11,13-15,17,32H2,1-2H3,(H2,33,38)(H,36,39)/t19-,23+,25+/m1/s1. The van der Waals surface area contributed by atoms with Gasteiger partial charge in [0.15, 0.2) is 0 Å². The van der Waals surface area contributed by atoms with Crippen LogP contribution in [0.5, 0.6) is 0 Å². The molecular weight excluding hydrogens is 577 g/mol. The van der Waals surface area contributed by atoms with Gasteiger partial charge in [-0.05, 0) is 69.4 Å². The molecule has 0 spiro atoms. The summed E-state index contributed by atoms with van der Waals surface area (Å²) in [6.07, 6.45) is -1.22. The number of esters is 1. The third kappa shape index (κ3) is 10.9. The van der Waals surface area contributed by atoms with Gasteiger partial charge < -0.3 is 36.1 Å². The van der Waals surface area contributed by atoms with E-state index in [4.69, 9.17) is 20.9 Å². The average molecular weight is 614 g/mol. The minimum atomic E-state index is -1.28. The van der Waals surface area contributed by atoms with Crippen molar-refractivity contribution < 1.29 is 42.9 Å². The summed E-state index contributed by atoms with van der Waals surface area (Å²) in [4.78, 5) is 58.5. The van der Waals surface area contributed by atoms with Gasteiger partial charge in [-0.15, -0.1) is 0 Å². The number of rotatable bonds is 15. The number of nitrogens with one attached hydrogen (secondary N) is 1. The quantitative estimate of drug-likeness (QED) is 0.144. The third-order valence-corrected chi connectivity index (χ3v) is 6.63. The van der Waals surface area contributed by atoms with Gasteiger partial charge in [0.25, 0.3) is 5.91 Å². The Bertz CT molecular complexity index is 1460. The molecule has 0 fully saturated rings. The number of aromatic nitrogens is 2. The Labute approximate surface area is 253 Å². The molecule has 1 heterocycles. The van der Waals surface area contributed by atoms with E-state index < -0.39 is 66.8 Å².